The maximum absolute atomic E-state index is 13.7. The van der Waals surface area contributed by atoms with Crippen LogP contribution in [0.15, 0.2) is 61.1 Å². The van der Waals surface area contributed by atoms with Gasteiger partial charge in [-0.2, -0.15) is 0 Å². The van der Waals surface area contributed by atoms with Gasteiger partial charge in [-0.3, -0.25) is 14.5 Å². The lowest BCUT2D eigenvalue weighted by atomic mass is 9.99. The van der Waals surface area contributed by atoms with Crippen molar-refractivity contribution in [1.29, 1.82) is 0 Å². The number of carbonyl (C=O) groups is 2. The van der Waals surface area contributed by atoms with Crippen LogP contribution in [0, 0.1) is 5.82 Å². The molecule has 0 spiro atoms. The van der Waals surface area contributed by atoms with E-state index in [4.69, 9.17) is 0 Å². The molecule has 1 aliphatic rings. The number of aromatic nitrogens is 3. The van der Waals surface area contributed by atoms with Crippen molar-refractivity contribution in [2.45, 2.75) is 12.5 Å². The van der Waals surface area contributed by atoms with E-state index in [0.717, 1.165) is 5.56 Å². The van der Waals surface area contributed by atoms with Gasteiger partial charge in [-0.25, -0.2) is 19.2 Å². The number of halogens is 1. The summed E-state index contributed by atoms with van der Waals surface area (Å²) in [6.07, 6.45) is 3.80. The predicted molar refractivity (Wildman–Crippen MR) is 122 cm³/mol. The predicted octanol–water partition coefficient (Wildman–Crippen LogP) is 3.28. The Hall–Kier alpha value is -4.31. The monoisotopic (exact) mass is 461 g/mol. The van der Waals surface area contributed by atoms with Crippen molar-refractivity contribution in [1.82, 2.24) is 14.4 Å². The van der Waals surface area contributed by atoms with E-state index < -0.39 is 18.0 Å². The molecule has 5 rings (SSSR count). The molecule has 3 aromatic heterocycles. The molecular formula is C24H20FN5O4. The number of fused-ring (bicyclic) bond motifs is 2. The number of nitrogens with zero attached hydrogens (tertiary/aromatic N) is 4. The highest BCUT2D eigenvalue weighted by atomic mass is 19.1. The van der Waals surface area contributed by atoms with Gasteiger partial charge in [-0.15, -0.1) is 0 Å². The molecular weight excluding hydrogens is 441 g/mol. The Morgan fingerprint density at radius 3 is 2.76 bits per heavy atom. The van der Waals surface area contributed by atoms with Crippen LogP contribution in [0.25, 0.3) is 16.9 Å². The first-order chi connectivity index (χ1) is 16.4. The zero-order valence-corrected chi connectivity index (χ0v) is 18.1. The maximum atomic E-state index is 13.7. The van der Waals surface area contributed by atoms with E-state index in [1.165, 1.54) is 24.1 Å². The lowest BCUT2D eigenvalue weighted by Gasteiger charge is -2.32. The molecule has 0 radical (unpaired) electrons. The van der Waals surface area contributed by atoms with Gasteiger partial charge in [-0.1, -0.05) is 0 Å². The average Bonchev–Trinajstić information content (AvgIpc) is 3.26. The number of aliphatic hydroxyl groups is 1. The molecule has 2 N–H and O–H groups in total. The summed E-state index contributed by atoms with van der Waals surface area (Å²) in [7, 11) is 1.27. The summed E-state index contributed by atoms with van der Waals surface area (Å²) < 4.78 is 20.0. The molecule has 9 nitrogen and oxygen atoms in total. The minimum atomic E-state index is -0.783. The van der Waals surface area contributed by atoms with Gasteiger partial charge in [0.15, 0.2) is 0 Å². The molecule has 172 valence electrons. The van der Waals surface area contributed by atoms with Gasteiger partial charge in [0.1, 0.15) is 17.3 Å². The molecule has 1 aliphatic heterocycles. The fourth-order valence-corrected chi connectivity index (χ4v) is 4.05. The lowest BCUT2D eigenvalue weighted by Crippen LogP contribution is -2.42. The second kappa shape index (κ2) is 8.56. The zero-order valence-electron chi connectivity index (χ0n) is 18.1. The van der Waals surface area contributed by atoms with Crippen LogP contribution in [0.5, 0.6) is 0 Å². The fraction of sp³-hybridized carbons (Fsp3) is 0.167. The number of benzene rings is 1. The third kappa shape index (κ3) is 3.95. The van der Waals surface area contributed by atoms with Crippen LogP contribution in [-0.2, 0) is 11.2 Å². The summed E-state index contributed by atoms with van der Waals surface area (Å²) in [5.41, 5.74) is 3.60. The number of β-amino-alcohol motifs (C(OH)–C–C–N with tert-alkyl or cyclic N) is 1. The van der Waals surface area contributed by atoms with Gasteiger partial charge < -0.3 is 14.7 Å². The molecule has 0 aliphatic carbocycles. The van der Waals surface area contributed by atoms with E-state index in [1.54, 1.807) is 53.3 Å². The minimum Gasteiger partial charge on any atom is -0.453 e. The Balaban J connectivity index is 1.48. The van der Waals surface area contributed by atoms with Crippen LogP contribution in [-0.4, -0.2) is 51.2 Å². The summed E-state index contributed by atoms with van der Waals surface area (Å²) in [6, 6.07) is 11.0. The fourth-order valence-electron chi connectivity index (χ4n) is 4.05. The third-order valence-corrected chi connectivity index (χ3v) is 5.65. The van der Waals surface area contributed by atoms with Crippen LogP contribution in [0.4, 0.5) is 20.7 Å². The van der Waals surface area contributed by atoms with Crippen molar-refractivity contribution in [2.24, 2.45) is 0 Å². The Morgan fingerprint density at radius 2 is 2.00 bits per heavy atom. The Kier molecular flexibility index (Phi) is 5.42. The molecule has 10 heteroatoms. The Morgan fingerprint density at radius 1 is 1.15 bits per heavy atom. The van der Waals surface area contributed by atoms with Gasteiger partial charge in [0, 0.05) is 30.1 Å². The number of aliphatic hydroxyl groups excluding tert-OH is 1. The number of amides is 2. The largest absolute Gasteiger partial charge is 0.453 e. The first kappa shape index (κ1) is 21.5. The van der Waals surface area contributed by atoms with Gasteiger partial charge in [-0.05, 0) is 48.0 Å². The number of nitrogens with one attached hydrogen (secondary N) is 1. The van der Waals surface area contributed by atoms with E-state index in [9.17, 15) is 19.1 Å². The number of hydrogen-bond donors (Lipinski definition) is 2. The van der Waals surface area contributed by atoms with Crippen LogP contribution < -0.4 is 10.2 Å². The number of anilines is 2. The molecule has 4 aromatic rings. The molecule has 2 amide bonds. The molecule has 0 fully saturated rings. The van der Waals surface area contributed by atoms with Crippen LogP contribution in [0.3, 0.4) is 0 Å². The minimum absolute atomic E-state index is 0.116. The quantitative estimate of drug-likeness (QED) is 0.485. The third-order valence-electron chi connectivity index (χ3n) is 5.65. The highest BCUT2D eigenvalue weighted by Gasteiger charge is 2.29. The maximum Gasteiger partial charge on any atom is 0.412 e. The molecule has 1 unspecified atom stereocenters. The molecule has 0 saturated heterocycles. The van der Waals surface area contributed by atoms with Gasteiger partial charge in [0.2, 0.25) is 0 Å². The number of methoxy groups -OCH3 is 1. The van der Waals surface area contributed by atoms with Crippen LogP contribution in [0.2, 0.25) is 0 Å². The Labute approximate surface area is 193 Å². The standard InChI is InChI=1S/C24H20FN5O4/c1-34-24(33)28-21-6-2-14(10-26-21)20-11-27-22-7-3-15(12-29(20)22)23(32)30-13-18(31)9-16-8-17(25)4-5-19(16)30/h2-8,10-12,18,31H,9,13H2,1H3,(H,26,28,33). The average molecular weight is 461 g/mol. The molecule has 34 heavy (non-hydrogen) atoms. The van der Waals surface area contributed by atoms with E-state index in [1.807, 2.05) is 0 Å². The second-order valence-corrected chi connectivity index (χ2v) is 7.88. The van der Waals surface area contributed by atoms with Crippen LogP contribution in [0.1, 0.15) is 15.9 Å². The summed E-state index contributed by atoms with van der Waals surface area (Å²) >= 11 is 0. The number of hydrogen-bond acceptors (Lipinski definition) is 6. The lowest BCUT2D eigenvalue weighted by molar-refractivity contribution is 0.0954. The molecule has 4 heterocycles. The van der Waals surface area contributed by atoms with Gasteiger partial charge in [0.25, 0.3) is 5.91 Å². The number of ether oxygens (including phenoxy) is 1. The molecule has 0 bridgehead atoms. The zero-order chi connectivity index (χ0) is 23.8. The highest BCUT2D eigenvalue weighted by Crippen LogP contribution is 2.30. The first-order valence-corrected chi connectivity index (χ1v) is 10.5. The summed E-state index contributed by atoms with van der Waals surface area (Å²) in [5.74, 6) is -0.394. The van der Waals surface area contributed by atoms with Crippen LogP contribution >= 0.6 is 0 Å². The normalized spacial score (nSPS) is 15.1. The number of carbonyl (C=O) groups excluding carboxylic acids is 2. The van der Waals surface area contributed by atoms with E-state index in [0.29, 0.717) is 34.0 Å². The first-order valence-electron chi connectivity index (χ1n) is 10.5. The van der Waals surface area contributed by atoms with Crippen molar-refractivity contribution in [3.05, 3.63) is 78.0 Å². The number of rotatable bonds is 3. The van der Waals surface area contributed by atoms with E-state index >= 15 is 0 Å². The second-order valence-electron chi connectivity index (χ2n) is 7.88. The molecule has 1 aromatic carbocycles. The number of pyridine rings is 2. The highest BCUT2D eigenvalue weighted by molar-refractivity contribution is 6.07. The van der Waals surface area contributed by atoms with Gasteiger partial charge in [0.05, 0.1) is 37.2 Å². The molecule has 1 atom stereocenters. The Bertz CT molecular complexity index is 1400. The van der Waals surface area contributed by atoms with Crippen molar-refractivity contribution in [3.8, 4) is 11.3 Å². The summed E-state index contributed by atoms with van der Waals surface area (Å²) in [5, 5.41) is 12.8. The smallest absolute Gasteiger partial charge is 0.412 e. The van der Waals surface area contributed by atoms with E-state index in [2.05, 4.69) is 20.0 Å². The SMILES string of the molecule is COC(=O)Nc1ccc(-c2cnc3ccc(C(=O)N4CC(O)Cc5cc(F)ccc54)cn23)cn1. The van der Waals surface area contributed by atoms with E-state index in [-0.39, 0.29) is 18.9 Å². The topological polar surface area (TPSA) is 109 Å². The number of imidazole rings is 1. The summed E-state index contributed by atoms with van der Waals surface area (Å²) in [4.78, 5) is 34.8. The van der Waals surface area contributed by atoms with Gasteiger partial charge >= 0.3 is 6.09 Å². The van der Waals surface area contributed by atoms with Crippen molar-refractivity contribution >= 4 is 29.2 Å². The van der Waals surface area contributed by atoms with Crippen molar-refractivity contribution < 1.29 is 23.8 Å². The van der Waals surface area contributed by atoms with Crippen molar-refractivity contribution in [2.75, 3.05) is 23.9 Å². The van der Waals surface area contributed by atoms with Crippen molar-refractivity contribution in [3.63, 3.8) is 0 Å². The molecule has 0 saturated carbocycles. The summed E-state index contributed by atoms with van der Waals surface area (Å²) in [6.45, 7) is 0.116.